The molecule has 0 N–H and O–H groups in total. The third-order valence-corrected chi connectivity index (χ3v) is 2.55. The van der Waals surface area contributed by atoms with Crippen molar-refractivity contribution in [3.05, 3.63) is 22.2 Å². The lowest BCUT2D eigenvalue weighted by Gasteiger charge is -2.04. The quantitative estimate of drug-likeness (QED) is 0.835. The molecule has 1 aromatic carbocycles. The van der Waals surface area contributed by atoms with Crippen molar-refractivity contribution in [2.24, 2.45) is 0 Å². The first-order chi connectivity index (χ1) is 6.81. The minimum Gasteiger partial charge on any atom is -0.454 e. The highest BCUT2D eigenvalue weighted by molar-refractivity contribution is 9.10. The van der Waals surface area contributed by atoms with E-state index in [1.165, 1.54) is 0 Å². The van der Waals surface area contributed by atoms with Gasteiger partial charge in [-0.3, -0.25) is 0 Å². The van der Waals surface area contributed by atoms with Crippen LogP contribution in [-0.4, -0.2) is 13.4 Å². The standard InChI is InChI=1S/C10H11BrO3/c1-2-12-5-7-3-8(11)10-9(4-7)13-6-14-10/h3-4H,2,5-6H2,1H3. The van der Waals surface area contributed by atoms with E-state index in [1.807, 2.05) is 19.1 Å². The first-order valence-electron chi connectivity index (χ1n) is 4.47. The highest BCUT2D eigenvalue weighted by atomic mass is 79.9. The van der Waals surface area contributed by atoms with Gasteiger partial charge in [-0.2, -0.15) is 0 Å². The summed E-state index contributed by atoms with van der Waals surface area (Å²) in [6.07, 6.45) is 0. The SMILES string of the molecule is CCOCc1cc(Br)c2c(c1)OCO2. The van der Waals surface area contributed by atoms with E-state index in [9.17, 15) is 0 Å². The van der Waals surface area contributed by atoms with Gasteiger partial charge in [0, 0.05) is 6.61 Å². The molecule has 1 aliphatic heterocycles. The van der Waals surface area contributed by atoms with Crippen molar-refractivity contribution in [2.75, 3.05) is 13.4 Å². The first-order valence-corrected chi connectivity index (χ1v) is 5.26. The van der Waals surface area contributed by atoms with Gasteiger partial charge in [0.05, 0.1) is 11.1 Å². The van der Waals surface area contributed by atoms with Gasteiger partial charge < -0.3 is 14.2 Å². The average molecular weight is 259 g/mol. The zero-order valence-corrected chi connectivity index (χ0v) is 9.46. The van der Waals surface area contributed by atoms with Crippen LogP contribution in [0.3, 0.4) is 0 Å². The minimum absolute atomic E-state index is 0.298. The zero-order valence-electron chi connectivity index (χ0n) is 7.88. The van der Waals surface area contributed by atoms with E-state index in [-0.39, 0.29) is 0 Å². The van der Waals surface area contributed by atoms with Crippen LogP contribution in [-0.2, 0) is 11.3 Å². The van der Waals surface area contributed by atoms with Gasteiger partial charge >= 0.3 is 0 Å². The summed E-state index contributed by atoms with van der Waals surface area (Å²) in [6, 6.07) is 3.94. The number of hydrogen-bond donors (Lipinski definition) is 0. The molecular formula is C10H11BrO3. The van der Waals surface area contributed by atoms with E-state index in [4.69, 9.17) is 14.2 Å². The smallest absolute Gasteiger partial charge is 0.231 e. The van der Waals surface area contributed by atoms with Crippen LogP contribution in [0.5, 0.6) is 11.5 Å². The van der Waals surface area contributed by atoms with Crippen LogP contribution in [0.1, 0.15) is 12.5 Å². The van der Waals surface area contributed by atoms with Crippen molar-refractivity contribution in [1.29, 1.82) is 0 Å². The van der Waals surface area contributed by atoms with Gasteiger partial charge in [-0.15, -0.1) is 0 Å². The van der Waals surface area contributed by atoms with Crippen LogP contribution in [0, 0.1) is 0 Å². The Hall–Kier alpha value is -0.740. The molecular weight excluding hydrogens is 248 g/mol. The van der Waals surface area contributed by atoms with Gasteiger partial charge in [0.15, 0.2) is 11.5 Å². The summed E-state index contributed by atoms with van der Waals surface area (Å²) in [4.78, 5) is 0. The molecule has 0 saturated heterocycles. The molecule has 76 valence electrons. The lowest BCUT2D eigenvalue weighted by molar-refractivity contribution is 0.134. The Labute approximate surface area is 91.1 Å². The summed E-state index contributed by atoms with van der Waals surface area (Å²) in [5.41, 5.74) is 1.09. The Kier molecular flexibility index (Phi) is 2.93. The van der Waals surface area contributed by atoms with Crippen LogP contribution in [0.2, 0.25) is 0 Å². The molecule has 14 heavy (non-hydrogen) atoms. The molecule has 0 radical (unpaired) electrons. The van der Waals surface area contributed by atoms with Gasteiger partial charge in [-0.25, -0.2) is 0 Å². The zero-order chi connectivity index (χ0) is 9.97. The highest BCUT2D eigenvalue weighted by Crippen LogP contribution is 2.40. The summed E-state index contributed by atoms with van der Waals surface area (Å²) >= 11 is 3.43. The van der Waals surface area contributed by atoms with Crippen LogP contribution in [0.15, 0.2) is 16.6 Å². The van der Waals surface area contributed by atoms with Crippen LogP contribution in [0.4, 0.5) is 0 Å². The number of benzene rings is 1. The fraction of sp³-hybridized carbons (Fsp3) is 0.400. The summed E-state index contributed by atoms with van der Waals surface area (Å²) in [5, 5.41) is 0. The van der Waals surface area contributed by atoms with Crippen LogP contribution < -0.4 is 9.47 Å². The Morgan fingerprint density at radius 1 is 1.43 bits per heavy atom. The second-order valence-corrected chi connectivity index (χ2v) is 3.80. The van der Waals surface area contributed by atoms with E-state index in [1.54, 1.807) is 0 Å². The molecule has 1 heterocycles. The molecule has 0 unspecified atom stereocenters. The Bertz CT molecular complexity index is 338. The Morgan fingerprint density at radius 2 is 2.29 bits per heavy atom. The summed E-state index contributed by atoms with van der Waals surface area (Å²) in [5.74, 6) is 1.57. The number of hydrogen-bond acceptors (Lipinski definition) is 3. The fourth-order valence-corrected chi connectivity index (χ4v) is 1.93. The molecule has 1 aliphatic rings. The highest BCUT2D eigenvalue weighted by Gasteiger charge is 2.17. The van der Waals surface area contributed by atoms with Crippen molar-refractivity contribution in [2.45, 2.75) is 13.5 Å². The number of fused-ring (bicyclic) bond motifs is 1. The molecule has 0 saturated carbocycles. The molecule has 0 spiro atoms. The van der Waals surface area contributed by atoms with Crippen molar-refractivity contribution in [3.63, 3.8) is 0 Å². The van der Waals surface area contributed by atoms with Crippen LogP contribution in [0.25, 0.3) is 0 Å². The third kappa shape index (κ3) is 1.86. The van der Waals surface area contributed by atoms with Gasteiger partial charge in [0.25, 0.3) is 0 Å². The number of rotatable bonds is 3. The van der Waals surface area contributed by atoms with Crippen molar-refractivity contribution < 1.29 is 14.2 Å². The van der Waals surface area contributed by atoms with Crippen LogP contribution >= 0.6 is 15.9 Å². The largest absolute Gasteiger partial charge is 0.454 e. The molecule has 2 rings (SSSR count). The second-order valence-electron chi connectivity index (χ2n) is 2.95. The number of halogens is 1. The van der Waals surface area contributed by atoms with Crippen molar-refractivity contribution in [1.82, 2.24) is 0 Å². The Balaban J connectivity index is 2.23. The van der Waals surface area contributed by atoms with Gasteiger partial charge in [-0.1, -0.05) is 0 Å². The molecule has 0 atom stereocenters. The molecule has 0 aliphatic carbocycles. The average Bonchev–Trinajstić information content (AvgIpc) is 2.63. The summed E-state index contributed by atoms with van der Waals surface area (Å²) in [7, 11) is 0. The summed E-state index contributed by atoms with van der Waals surface area (Å²) in [6.45, 7) is 3.59. The maximum Gasteiger partial charge on any atom is 0.231 e. The monoisotopic (exact) mass is 258 g/mol. The minimum atomic E-state index is 0.298. The molecule has 3 nitrogen and oxygen atoms in total. The van der Waals surface area contributed by atoms with Gasteiger partial charge in [-0.05, 0) is 40.5 Å². The maximum atomic E-state index is 5.32. The second kappa shape index (κ2) is 4.19. The number of ether oxygens (including phenoxy) is 3. The van der Waals surface area contributed by atoms with Gasteiger partial charge in [0.2, 0.25) is 6.79 Å². The molecule has 0 fully saturated rings. The first kappa shape index (κ1) is 9.80. The lowest BCUT2D eigenvalue weighted by Crippen LogP contribution is -1.93. The molecule has 0 bridgehead atoms. The molecule has 0 aromatic heterocycles. The third-order valence-electron chi connectivity index (χ3n) is 1.96. The van der Waals surface area contributed by atoms with E-state index >= 15 is 0 Å². The fourth-order valence-electron chi connectivity index (χ4n) is 1.32. The maximum absolute atomic E-state index is 5.32. The van der Waals surface area contributed by atoms with Gasteiger partial charge in [0.1, 0.15) is 0 Å². The normalized spacial score (nSPS) is 13.3. The predicted octanol–water partition coefficient (Wildman–Crippen LogP) is 2.71. The predicted molar refractivity (Wildman–Crippen MR) is 55.6 cm³/mol. The molecule has 0 amide bonds. The van der Waals surface area contributed by atoms with E-state index in [2.05, 4.69) is 15.9 Å². The van der Waals surface area contributed by atoms with Crippen molar-refractivity contribution >= 4 is 15.9 Å². The van der Waals surface area contributed by atoms with Crippen molar-refractivity contribution in [3.8, 4) is 11.5 Å². The van der Waals surface area contributed by atoms with E-state index in [0.29, 0.717) is 20.0 Å². The topological polar surface area (TPSA) is 27.7 Å². The lowest BCUT2D eigenvalue weighted by atomic mass is 10.2. The Morgan fingerprint density at radius 3 is 3.07 bits per heavy atom. The summed E-state index contributed by atoms with van der Waals surface area (Å²) < 4.78 is 16.8. The molecule has 4 heteroatoms. The molecule has 1 aromatic rings. The van der Waals surface area contributed by atoms with E-state index < -0.39 is 0 Å². The van der Waals surface area contributed by atoms with E-state index in [0.717, 1.165) is 21.5 Å².